The van der Waals surface area contributed by atoms with Gasteiger partial charge in [-0.05, 0) is 37.9 Å². The number of likely N-dealkylation sites (tertiary alicyclic amines) is 1. The van der Waals surface area contributed by atoms with E-state index in [-0.39, 0.29) is 5.91 Å². The number of fused-ring (bicyclic) bond motifs is 1. The first-order valence-corrected chi connectivity index (χ1v) is 8.63. The summed E-state index contributed by atoms with van der Waals surface area (Å²) >= 11 is 0. The second-order valence-electron chi connectivity index (χ2n) is 6.70. The van der Waals surface area contributed by atoms with Crippen LogP contribution in [0.2, 0.25) is 0 Å². The van der Waals surface area contributed by atoms with Crippen LogP contribution >= 0.6 is 0 Å². The minimum Gasteiger partial charge on any atom is -0.349 e. The number of imidazole rings is 2. The van der Waals surface area contributed by atoms with E-state index in [9.17, 15) is 4.79 Å². The summed E-state index contributed by atoms with van der Waals surface area (Å²) in [7, 11) is 0. The standard InChI is InChI=1S/C18H22N6O/c1-12-19-9-14(21-12)11-24-7-6-13(10-24)8-20-18(25)17-22-15-4-2-3-5-16(15)23-17/h2-5,9,13H,6-8,10-11H2,1H3,(H,19,21)(H,20,25)(H,22,23)/t13-/m1/s1. The van der Waals surface area contributed by atoms with Crippen LogP contribution < -0.4 is 5.32 Å². The lowest BCUT2D eigenvalue weighted by atomic mass is 10.1. The number of aromatic amines is 2. The van der Waals surface area contributed by atoms with E-state index in [1.165, 1.54) is 0 Å². The molecule has 0 bridgehead atoms. The molecular weight excluding hydrogens is 316 g/mol. The Balaban J connectivity index is 1.29. The molecule has 7 heteroatoms. The van der Waals surface area contributed by atoms with Crippen molar-refractivity contribution in [3.05, 3.63) is 47.8 Å². The van der Waals surface area contributed by atoms with Crippen molar-refractivity contribution < 1.29 is 4.79 Å². The summed E-state index contributed by atoms with van der Waals surface area (Å²) in [4.78, 5) is 29.6. The molecule has 1 fully saturated rings. The summed E-state index contributed by atoms with van der Waals surface area (Å²) in [5.41, 5.74) is 2.84. The van der Waals surface area contributed by atoms with E-state index in [0.717, 1.165) is 48.6 Å². The molecule has 1 aliphatic heterocycles. The van der Waals surface area contributed by atoms with Crippen LogP contribution in [0.25, 0.3) is 11.0 Å². The first-order chi connectivity index (χ1) is 12.2. The minimum absolute atomic E-state index is 0.140. The number of aryl methyl sites for hydroxylation is 1. The zero-order chi connectivity index (χ0) is 17.2. The summed E-state index contributed by atoms with van der Waals surface area (Å²) < 4.78 is 0. The van der Waals surface area contributed by atoms with Crippen LogP contribution in [-0.2, 0) is 6.54 Å². The maximum Gasteiger partial charge on any atom is 0.287 e. The second kappa shape index (κ2) is 6.68. The van der Waals surface area contributed by atoms with Gasteiger partial charge < -0.3 is 15.3 Å². The molecule has 2 aromatic heterocycles. The number of carbonyl (C=O) groups excluding carboxylic acids is 1. The van der Waals surface area contributed by atoms with E-state index in [1.807, 2.05) is 37.4 Å². The van der Waals surface area contributed by atoms with Gasteiger partial charge in [0.15, 0.2) is 5.82 Å². The Hall–Kier alpha value is -2.67. The summed E-state index contributed by atoms with van der Waals surface area (Å²) in [6, 6.07) is 7.66. The average Bonchev–Trinajstić information content (AvgIpc) is 3.32. The maximum atomic E-state index is 12.3. The van der Waals surface area contributed by atoms with E-state index in [1.54, 1.807) is 0 Å². The number of carbonyl (C=O) groups is 1. The molecule has 0 spiro atoms. The Morgan fingerprint density at radius 3 is 3.04 bits per heavy atom. The van der Waals surface area contributed by atoms with E-state index in [4.69, 9.17) is 0 Å². The van der Waals surface area contributed by atoms with Gasteiger partial charge >= 0.3 is 0 Å². The number of nitrogens with one attached hydrogen (secondary N) is 3. The number of nitrogens with zero attached hydrogens (tertiary/aromatic N) is 3. The largest absolute Gasteiger partial charge is 0.349 e. The van der Waals surface area contributed by atoms with Crippen molar-refractivity contribution in [2.24, 2.45) is 5.92 Å². The smallest absolute Gasteiger partial charge is 0.287 e. The monoisotopic (exact) mass is 338 g/mol. The molecule has 1 aromatic carbocycles. The molecular formula is C18H22N6O. The van der Waals surface area contributed by atoms with Gasteiger partial charge in [0.2, 0.25) is 0 Å². The highest BCUT2D eigenvalue weighted by atomic mass is 16.2. The Bertz CT molecular complexity index is 849. The van der Waals surface area contributed by atoms with Crippen molar-refractivity contribution in [1.82, 2.24) is 30.2 Å². The van der Waals surface area contributed by atoms with E-state index in [0.29, 0.717) is 18.3 Å². The molecule has 130 valence electrons. The predicted molar refractivity (Wildman–Crippen MR) is 95.1 cm³/mol. The van der Waals surface area contributed by atoms with E-state index < -0.39 is 0 Å². The topological polar surface area (TPSA) is 89.7 Å². The van der Waals surface area contributed by atoms with Crippen LogP contribution in [-0.4, -0.2) is 50.4 Å². The predicted octanol–water partition coefficient (Wildman–Crippen LogP) is 1.85. The molecule has 1 aliphatic rings. The summed E-state index contributed by atoms with van der Waals surface area (Å²) in [6.07, 6.45) is 2.99. The number of benzene rings is 1. The van der Waals surface area contributed by atoms with Gasteiger partial charge in [0.1, 0.15) is 5.82 Å². The molecule has 1 saturated heterocycles. The Morgan fingerprint density at radius 1 is 1.36 bits per heavy atom. The van der Waals surface area contributed by atoms with Crippen LogP contribution in [0.3, 0.4) is 0 Å². The highest BCUT2D eigenvalue weighted by Crippen LogP contribution is 2.18. The van der Waals surface area contributed by atoms with Crippen molar-refractivity contribution in [3.8, 4) is 0 Å². The zero-order valence-electron chi connectivity index (χ0n) is 14.2. The zero-order valence-corrected chi connectivity index (χ0v) is 14.2. The van der Waals surface area contributed by atoms with E-state index >= 15 is 0 Å². The fraction of sp³-hybridized carbons (Fsp3) is 0.389. The molecule has 3 aromatic rings. The molecule has 1 atom stereocenters. The van der Waals surface area contributed by atoms with Gasteiger partial charge in [0.05, 0.1) is 11.0 Å². The molecule has 7 nitrogen and oxygen atoms in total. The first-order valence-electron chi connectivity index (χ1n) is 8.63. The van der Waals surface area contributed by atoms with Crippen molar-refractivity contribution in [2.75, 3.05) is 19.6 Å². The van der Waals surface area contributed by atoms with Gasteiger partial charge in [0, 0.05) is 31.5 Å². The highest BCUT2D eigenvalue weighted by molar-refractivity contribution is 5.94. The molecule has 0 saturated carbocycles. The van der Waals surface area contributed by atoms with Crippen LogP contribution in [0.15, 0.2) is 30.5 Å². The number of rotatable bonds is 5. The van der Waals surface area contributed by atoms with Gasteiger partial charge in [0.25, 0.3) is 5.91 Å². The van der Waals surface area contributed by atoms with Crippen molar-refractivity contribution >= 4 is 16.9 Å². The van der Waals surface area contributed by atoms with Crippen molar-refractivity contribution in [2.45, 2.75) is 19.9 Å². The van der Waals surface area contributed by atoms with Crippen molar-refractivity contribution in [3.63, 3.8) is 0 Å². The Morgan fingerprint density at radius 2 is 2.24 bits per heavy atom. The molecule has 0 unspecified atom stereocenters. The summed E-state index contributed by atoms with van der Waals surface area (Å²) in [6.45, 7) is 5.55. The lowest BCUT2D eigenvalue weighted by Crippen LogP contribution is -2.31. The van der Waals surface area contributed by atoms with Gasteiger partial charge in [-0.15, -0.1) is 0 Å². The third-order valence-electron chi connectivity index (χ3n) is 4.68. The Labute approximate surface area is 145 Å². The third-order valence-corrected chi connectivity index (χ3v) is 4.68. The van der Waals surface area contributed by atoms with Gasteiger partial charge in [-0.25, -0.2) is 9.97 Å². The van der Waals surface area contributed by atoms with Gasteiger partial charge in [-0.1, -0.05) is 12.1 Å². The normalized spacial score (nSPS) is 18.0. The maximum absolute atomic E-state index is 12.3. The quantitative estimate of drug-likeness (QED) is 0.662. The second-order valence-corrected chi connectivity index (χ2v) is 6.70. The fourth-order valence-corrected chi connectivity index (χ4v) is 3.40. The number of para-hydroxylation sites is 2. The number of H-pyrrole nitrogens is 2. The van der Waals surface area contributed by atoms with Crippen LogP contribution in [0.1, 0.15) is 28.6 Å². The van der Waals surface area contributed by atoms with Crippen LogP contribution in [0, 0.1) is 12.8 Å². The summed E-state index contributed by atoms with van der Waals surface area (Å²) in [5, 5.41) is 3.01. The molecule has 4 rings (SSSR count). The lowest BCUT2D eigenvalue weighted by molar-refractivity contribution is 0.0938. The molecule has 0 aliphatic carbocycles. The van der Waals surface area contributed by atoms with Crippen LogP contribution in [0.5, 0.6) is 0 Å². The third kappa shape index (κ3) is 3.56. The first kappa shape index (κ1) is 15.8. The van der Waals surface area contributed by atoms with E-state index in [2.05, 4.69) is 30.2 Å². The van der Waals surface area contributed by atoms with Crippen molar-refractivity contribution in [1.29, 1.82) is 0 Å². The highest BCUT2D eigenvalue weighted by Gasteiger charge is 2.23. The molecule has 3 N–H and O–H groups in total. The number of aromatic nitrogens is 4. The molecule has 3 heterocycles. The van der Waals surface area contributed by atoms with Gasteiger partial charge in [-0.2, -0.15) is 0 Å². The molecule has 0 radical (unpaired) electrons. The molecule has 25 heavy (non-hydrogen) atoms. The number of hydrogen-bond acceptors (Lipinski definition) is 4. The summed E-state index contributed by atoms with van der Waals surface area (Å²) in [5.74, 6) is 1.66. The fourth-order valence-electron chi connectivity index (χ4n) is 3.40. The number of amides is 1. The lowest BCUT2D eigenvalue weighted by Gasteiger charge is -2.15. The van der Waals surface area contributed by atoms with Gasteiger partial charge in [-0.3, -0.25) is 9.69 Å². The average molecular weight is 338 g/mol. The minimum atomic E-state index is -0.140. The Kier molecular flexibility index (Phi) is 4.23. The number of hydrogen-bond donors (Lipinski definition) is 3. The SMILES string of the molecule is Cc1ncc(CN2CC[C@H](CNC(=O)c3nc4ccccc4[nH]3)C2)[nH]1. The van der Waals surface area contributed by atoms with Crippen LogP contribution in [0.4, 0.5) is 0 Å². The molecule has 1 amide bonds.